The van der Waals surface area contributed by atoms with Crippen LogP contribution in [0.15, 0.2) is 18.2 Å². The molecular formula is C19H29B2N3O2. The van der Waals surface area contributed by atoms with Crippen molar-refractivity contribution in [1.82, 2.24) is 14.8 Å². The summed E-state index contributed by atoms with van der Waals surface area (Å²) in [5.41, 5.74) is 0.916. The molecule has 2 aliphatic rings. The maximum absolute atomic E-state index is 12.6. The molecule has 138 valence electrons. The first-order valence-corrected chi connectivity index (χ1v) is 9.57. The Hall–Kier alpha value is -1.33. The van der Waals surface area contributed by atoms with Crippen LogP contribution in [0.25, 0.3) is 0 Å². The molecule has 0 aliphatic carbocycles. The Balaban J connectivity index is 0.00000117. The number of rotatable bonds is 4. The second kappa shape index (κ2) is 9.05. The van der Waals surface area contributed by atoms with E-state index in [0.29, 0.717) is 49.5 Å². The third-order valence-electron chi connectivity index (χ3n) is 5.05. The standard InChI is InChI=1S/C17H23B2N3O2.C2H6/c1-12(2)13-10-22(11-13)17(18,19)15-5-3-4-14(20-15)16(23)21-6-8-24-9-7-21;1-2/h3-5,12-13H,6-11H2,1-2H3;1-2H3. The molecule has 3 rings (SSSR count). The van der Waals surface area contributed by atoms with E-state index in [0.717, 1.165) is 13.1 Å². The van der Waals surface area contributed by atoms with E-state index in [2.05, 4.69) is 18.8 Å². The van der Waals surface area contributed by atoms with Crippen LogP contribution in [0.1, 0.15) is 43.9 Å². The molecule has 2 saturated heterocycles. The van der Waals surface area contributed by atoms with E-state index >= 15 is 0 Å². The monoisotopic (exact) mass is 353 g/mol. The molecule has 1 amide bonds. The molecule has 26 heavy (non-hydrogen) atoms. The van der Waals surface area contributed by atoms with Gasteiger partial charge in [-0.05, 0) is 29.3 Å². The van der Waals surface area contributed by atoms with Crippen LogP contribution in [0.2, 0.25) is 0 Å². The van der Waals surface area contributed by atoms with E-state index in [9.17, 15) is 4.79 Å². The van der Waals surface area contributed by atoms with Gasteiger partial charge < -0.3 is 14.5 Å². The predicted octanol–water partition coefficient (Wildman–Crippen LogP) is 1.62. The molecule has 0 aromatic carbocycles. The Kier molecular flexibility index (Phi) is 7.30. The average molecular weight is 353 g/mol. The molecule has 4 radical (unpaired) electrons. The minimum Gasteiger partial charge on any atom is -0.378 e. The second-order valence-electron chi connectivity index (χ2n) is 7.05. The van der Waals surface area contributed by atoms with Gasteiger partial charge in [-0.2, -0.15) is 0 Å². The largest absolute Gasteiger partial charge is 0.378 e. The lowest BCUT2D eigenvalue weighted by Gasteiger charge is -2.51. The van der Waals surface area contributed by atoms with Gasteiger partial charge in [0, 0.05) is 31.9 Å². The van der Waals surface area contributed by atoms with E-state index in [4.69, 9.17) is 20.4 Å². The van der Waals surface area contributed by atoms with Crippen LogP contribution >= 0.6 is 0 Å². The number of ether oxygens (including phenoxy) is 1. The molecule has 1 aromatic rings. The zero-order valence-electron chi connectivity index (χ0n) is 16.4. The molecule has 2 fully saturated rings. The smallest absolute Gasteiger partial charge is 0.272 e. The normalized spacial score (nSPS) is 18.9. The molecule has 5 nitrogen and oxygen atoms in total. The molecule has 0 unspecified atom stereocenters. The zero-order valence-corrected chi connectivity index (χ0v) is 16.4. The number of carbonyl (C=O) groups excluding carboxylic acids is 1. The van der Waals surface area contributed by atoms with Crippen molar-refractivity contribution in [2.24, 2.45) is 11.8 Å². The van der Waals surface area contributed by atoms with E-state index in [1.54, 1.807) is 23.1 Å². The second-order valence-corrected chi connectivity index (χ2v) is 7.05. The molecule has 0 spiro atoms. The Morgan fingerprint density at radius 1 is 1.23 bits per heavy atom. The zero-order chi connectivity index (χ0) is 19.3. The summed E-state index contributed by atoms with van der Waals surface area (Å²) in [7, 11) is 12.7. The highest BCUT2D eigenvalue weighted by molar-refractivity contribution is 6.39. The topological polar surface area (TPSA) is 45.7 Å². The Morgan fingerprint density at radius 3 is 2.42 bits per heavy atom. The summed E-state index contributed by atoms with van der Waals surface area (Å²) >= 11 is 0. The summed E-state index contributed by atoms with van der Waals surface area (Å²) in [6.07, 6.45) is 0. The number of hydrogen-bond acceptors (Lipinski definition) is 4. The summed E-state index contributed by atoms with van der Waals surface area (Å²) in [6, 6.07) is 5.30. The van der Waals surface area contributed by atoms with Gasteiger partial charge in [0.25, 0.3) is 5.91 Å². The van der Waals surface area contributed by atoms with Crippen LogP contribution in [0.4, 0.5) is 0 Å². The number of morpholine rings is 1. The van der Waals surface area contributed by atoms with Gasteiger partial charge >= 0.3 is 0 Å². The highest BCUT2D eigenvalue weighted by atomic mass is 16.5. The molecule has 2 aliphatic heterocycles. The van der Waals surface area contributed by atoms with E-state index in [1.165, 1.54) is 0 Å². The lowest BCUT2D eigenvalue weighted by molar-refractivity contribution is 0.0294. The first-order chi connectivity index (χ1) is 12.4. The van der Waals surface area contributed by atoms with Crippen molar-refractivity contribution in [3.05, 3.63) is 29.6 Å². The predicted molar refractivity (Wildman–Crippen MR) is 105 cm³/mol. The van der Waals surface area contributed by atoms with Crippen molar-refractivity contribution in [3.63, 3.8) is 0 Å². The SMILES string of the molecule is CC.[B]C([B])(c1cccc(C(=O)N2CCOCC2)n1)N1CC(C(C)C)C1. The summed E-state index contributed by atoms with van der Waals surface area (Å²) < 4.78 is 5.29. The Morgan fingerprint density at radius 2 is 1.85 bits per heavy atom. The molecule has 0 bridgehead atoms. The van der Waals surface area contributed by atoms with E-state index < -0.39 is 5.34 Å². The molecule has 0 N–H and O–H groups in total. The number of hydrogen-bond donors (Lipinski definition) is 0. The van der Waals surface area contributed by atoms with Crippen LogP contribution < -0.4 is 0 Å². The van der Waals surface area contributed by atoms with Gasteiger partial charge in [-0.25, -0.2) is 4.98 Å². The summed E-state index contributed by atoms with van der Waals surface area (Å²) in [5, 5.41) is -1.15. The molecule has 3 heterocycles. The third-order valence-corrected chi connectivity index (χ3v) is 5.05. The Labute approximate surface area is 160 Å². The minimum absolute atomic E-state index is 0.0976. The fourth-order valence-electron chi connectivity index (χ4n) is 3.10. The number of amides is 1. The number of pyridine rings is 1. The fourth-order valence-corrected chi connectivity index (χ4v) is 3.10. The van der Waals surface area contributed by atoms with Gasteiger partial charge in [-0.3, -0.25) is 4.79 Å². The van der Waals surface area contributed by atoms with Gasteiger partial charge in [0.2, 0.25) is 0 Å². The van der Waals surface area contributed by atoms with Crippen LogP contribution in [-0.2, 0) is 10.1 Å². The van der Waals surface area contributed by atoms with Gasteiger partial charge in [0.1, 0.15) is 5.69 Å². The van der Waals surface area contributed by atoms with E-state index in [1.807, 2.05) is 18.7 Å². The first kappa shape index (κ1) is 21.0. The maximum atomic E-state index is 12.6. The molecule has 0 saturated carbocycles. The molecular weight excluding hydrogens is 324 g/mol. The van der Waals surface area contributed by atoms with Crippen molar-refractivity contribution in [2.75, 3.05) is 39.4 Å². The van der Waals surface area contributed by atoms with Crippen molar-refractivity contribution in [2.45, 2.75) is 33.0 Å². The van der Waals surface area contributed by atoms with Crippen molar-refractivity contribution in [1.29, 1.82) is 0 Å². The molecule has 1 aromatic heterocycles. The molecule has 7 heteroatoms. The third kappa shape index (κ3) is 4.49. The number of nitrogens with zero attached hydrogens (tertiary/aromatic N) is 3. The van der Waals surface area contributed by atoms with Crippen LogP contribution in [0, 0.1) is 11.8 Å². The highest BCUT2D eigenvalue weighted by Crippen LogP contribution is 2.32. The minimum atomic E-state index is -1.15. The van der Waals surface area contributed by atoms with Crippen LogP contribution in [0.5, 0.6) is 0 Å². The van der Waals surface area contributed by atoms with Crippen molar-refractivity contribution >= 4 is 21.6 Å². The van der Waals surface area contributed by atoms with Gasteiger partial charge in [-0.15, -0.1) is 0 Å². The van der Waals surface area contributed by atoms with Crippen LogP contribution in [0.3, 0.4) is 0 Å². The number of carbonyl (C=O) groups is 1. The summed E-state index contributed by atoms with van der Waals surface area (Å²) in [6.45, 7) is 12.4. The quantitative estimate of drug-likeness (QED) is 0.772. The van der Waals surface area contributed by atoms with Gasteiger partial charge in [-0.1, -0.05) is 33.8 Å². The fraction of sp³-hybridized carbons (Fsp3) is 0.684. The number of aromatic nitrogens is 1. The average Bonchev–Trinajstić information content (AvgIpc) is 2.62. The van der Waals surface area contributed by atoms with Crippen molar-refractivity contribution in [3.8, 4) is 0 Å². The molecule has 0 atom stereocenters. The highest BCUT2D eigenvalue weighted by Gasteiger charge is 2.39. The lowest BCUT2D eigenvalue weighted by Crippen LogP contribution is -2.60. The van der Waals surface area contributed by atoms with E-state index in [-0.39, 0.29) is 5.91 Å². The summed E-state index contributed by atoms with van der Waals surface area (Å²) in [5.74, 6) is 1.12. The van der Waals surface area contributed by atoms with Crippen molar-refractivity contribution < 1.29 is 9.53 Å². The Bertz CT molecular complexity index is 598. The summed E-state index contributed by atoms with van der Waals surface area (Å²) in [4.78, 5) is 20.8. The van der Waals surface area contributed by atoms with Crippen LogP contribution in [-0.4, -0.2) is 75.8 Å². The van der Waals surface area contributed by atoms with Gasteiger partial charge in [0.15, 0.2) is 0 Å². The van der Waals surface area contributed by atoms with Gasteiger partial charge in [0.05, 0.1) is 28.9 Å². The first-order valence-electron chi connectivity index (χ1n) is 9.57. The number of likely N-dealkylation sites (tertiary alicyclic amines) is 1. The lowest BCUT2D eigenvalue weighted by atomic mass is 9.56. The maximum Gasteiger partial charge on any atom is 0.272 e.